The Bertz CT molecular complexity index is 1060. The van der Waals surface area contributed by atoms with Crippen LogP contribution in [0.15, 0.2) is 54.7 Å². The Morgan fingerprint density at radius 3 is 2.75 bits per heavy atom. The van der Waals surface area contributed by atoms with Gasteiger partial charge in [0.1, 0.15) is 12.4 Å². The molecule has 32 heavy (non-hydrogen) atoms. The first-order chi connectivity index (χ1) is 15.6. The zero-order valence-electron chi connectivity index (χ0n) is 18.1. The Kier molecular flexibility index (Phi) is 7.42. The van der Waals surface area contributed by atoms with Gasteiger partial charge in [0.25, 0.3) is 0 Å². The summed E-state index contributed by atoms with van der Waals surface area (Å²) in [6.07, 6.45) is 1.95. The number of ether oxygens (including phenoxy) is 2. The summed E-state index contributed by atoms with van der Waals surface area (Å²) in [5.74, 6) is 0.626. The predicted molar refractivity (Wildman–Crippen MR) is 125 cm³/mol. The SMILES string of the molecule is Cn1nccc1-c1cc(NC(=O)Cc2ccccc2Cl)ccc1OCCN1CCOCC1. The molecule has 0 radical (unpaired) electrons. The molecule has 4 rings (SSSR count). The molecule has 7 nitrogen and oxygen atoms in total. The molecule has 1 fully saturated rings. The second-order valence-corrected chi connectivity index (χ2v) is 8.08. The number of nitrogens with zero attached hydrogens (tertiary/aromatic N) is 3. The van der Waals surface area contributed by atoms with Gasteiger partial charge in [0.05, 0.1) is 25.3 Å². The Balaban J connectivity index is 1.47. The number of halogens is 1. The van der Waals surface area contributed by atoms with Crippen molar-refractivity contribution in [1.82, 2.24) is 14.7 Å². The second-order valence-electron chi connectivity index (χ2n) is 7.67. The number of amides is 1. The number of anilines is 1. The van der Waals surface area contributed by atoms with Crippen molar-refractivity contribution >= 4 is 23.2 Å². The number of benzene rings is 2. The largest absolute Gasteiger partial charge is 0.492 e. The molecular weight excluding hydrogens is 428 g/mol. The quantitative estimate of drug-likeness (QED) is 0.563. The predicted octanol–water partition coefficient (Wildman–Crippen LogP) is 3.63. The molecule has 2 aromatic carbocycles. The van der Waals surface area contributed by atoms with Crippen molar-refractivity contribution in [2.45, 2.75) is 6.42 Å². The number of aryl methyl sites for hydroxylation is 1. The van der Waals surface area contributed by atoms with E-state index in [0.29, 0.717) is 17.3 Å². The van der Waals surface area contributed by atoms with Gasteiger partial charge in [-0.3, -0.25) is 14.4 Å². The third-order valence-electron chi connectivity index (χ3n) is 5.44. The molecule has 168 valence electrons. The molecule has 3 aromatic rings. The van der Waals surface area contributed by atoms with E-state index in [1.807, 2.05) is 49.5 Å². The Morgan fingerprint density at radius 1 is 1.19 bits per heavy atom. The Morgan fingerprint density at radius 2 is 2.00 bits per heavy atom. The molecule has 1 aliphatic rings. The van der Waals surface area contributed by atoms with Crippen molar-refractivity contribution in [2.24, 2.45) is 7.05 Å². The molecule has 0 bridgehead atoms. The van der Waals surface area contributed by atoms with Crippen LogP contribution in [0.2, 0.25) is 5.02 Å². The van der Waals surface area contributed by atoms with Crippen LogP contribution in [0.4, 0.5) is 5.69 Å². The van der Waals surface area contributed by atoms with Crippen molar-refractivity contribution in [3.8, 4) is 17.0 Å². The molecule has 8 heteroatoms. The minimum absolute atomic E-state index is 0.130. The van der Waals surface area contributed by atoms with Crippen LogP contribution in [-0.4, -0.2) is 60.0 Å². The van der Waals surface area contributed by atoms with Crippen LogP contribution < -0.4 is 10.1 Å². The lowest BCUT2D eigenvalue weighted by Crippen LogP contribution is -2.38. The molecule has 0 aliphatic carbocycles. The van der Waals surface area contributed by atoms with E-state index in [1.54, 1.807) is 16.9 Å². The molecule has 1 aromatic heterocycles. The maximum Gasteiger partial charge on any atom is 0.228 e. The van der Waals surface area contributed by atoms with Gasteiger partial charge in [-0.2, -0.15) is 5.10 Å². The fourth-order valence-electron chi connectivity index (χ4n) is 3.70. The molecular formula is C24H27ClN4O3. The molecule has 0 spiro atoms. The average molecular weight is 455 g/mol. The normalized spacial score (nSPS) is 14.3. The minimum atomic E-state index is -0.130. The number of carbonyl (C=O) groups excluding carboxylic acids is 1. The highest BCUT2D eigenvalue weighted by atomic mass is 35.5. The maximum atomic E-state index is 12.6. The molecule has 2 heterocycles. The summed E-state index contributed by atoms with van der Waals surface area (Å²) in [4.78, 5) is 14.9. The monoisotopic (exact) mass is 454 g/mol. The number of hydrogen-bond donors (Lipinski definition) is 1. The van der Waals surface area contributed by atoms with Crippen molar-refractivity contribution in [2.75, 3.05) is 44.8 Å². The Labute approximate surface area is 192 Å². The van der Waals surface area contributed by atoms with E-state index in [-0.39, 0.29) is 12.3 Å². The smallest absolute Gasteiger partial charge is 0.228 e. The standard InChI is InChI=1S/C24H27ClN4O3/c1-28-22(8-9-26-28)20-17-19(27-24(30)16-18-4-2-3-5-21(18)25)6-7-23(20)32-15-12-29-10-13-31-14-11-29/h2-9,17H,10-16H2,1H3,(H,27,30). The highest BCUT2D eigenvalue weighted by Crippen LogP contribution is 2.32. The summed E-state index contributed by atoms with van der Waals surface area (Å²) in [6.45, 7) is 4.79. The molecule has 0 saturated carbocycles. The molecule has 1 amide bonds. The van der Waals surface area contributed by atoms with E-state index in [4.69, 9.17) is 21.1 Å². The van der Waals surface area contributed by atoms with Gasteiger partial charge in [0.15, 0.2) is 0 Å². The first-order valence-corrected chi connectivity index (χ1v) is 11.1. The average Bonchev–Trinajstić information content (AvgIpc) is 3.22. The molecule has 1 saturated heterocycles. The topological polar surface area (TPSA) is 68.6 Å². The zero-order chi connectivity index (χ0) is 22.3. The highest BCUT2D eigenvalue weighted by molar-refractivity contribution is 6.31. The van der Waals surface area contributed by atoms with E-state index < -0.39 is 0 Å². The van der Waals surface area contributed by atoms with Gasteiger partial charge >= 0.3 is 0 Å². The summed E-state index contributed by atoms with van der Waals surface area (Å²) in [6, 6.07) is 15.0. The van der Waals surface area contributed by atoms with Crippen LogP contribution in [0.25, 0.3) is 11.3 Å². The summed E-state index contributed by atoms with van der Waals surface area (Å²) in [7, 11) is 1.88. The number of nitrogens with one attached hydrogen (secondary N) is 1. The fraction of sp³-hybridized carbons (Fsp3) is 0.333. The van der Waals surface area contributed by atoms with E-state index in [1.165, 1.54) is 0 Å². The van der Waals surface area contributed by atoms with E-state index in [0.717, 1.165) is 55.4 Å². The van der Waals surface area contributed by atoms with Gasteiger partial charge in [-0.25, -0.2) is 0 Å². The lowest BCUT2D eigenvalue weighted by atomic mass is 10.1. The highest BCUT2D eigenvalue weighted by Gasteiger charge is 2.15. The summed E-state index contributed by atoms with van der Waals surface area (Å²) in [5.41, 5.74) is 3.27. The van der Waals surface area contributed by atoms with Crippen LogP contribution in [-0.2, 0) is 23.0 Å². The molecule has 1 aliphatic heterocycles. The Hall–Kier alpha value is -2.87. The van der Waals surface area contributed by atoms with E-state index >= 15 is 0 Å². The van der Waals surface area contributed by atoms with Gasteiger partial charge in [-0.05, 0) is 35.9 Å². The lowest BCUT2D eigenvalue weighted by molar-refractivity contribution is -0.115. The number of morpholine rings is 1. The van der Waals surface area contributed by atoms with Crippen LogP contribution in [0.3, 0.4) is 0 Å². The molecule has 1 N–H and O–H groups in total. The van der Waals surface area contributed by atoms with Crippen molar-refractivity contribution in [1.29, 1.82) is 0 Å². The number of aromatic nitrogens is 2. The van der Waals surface area contributed by atoms with Crippen LogP contribution in [0.1, 0.15) is 5.56 Å². The summed E-state index contributed by atoms with van der Waals surface area (Å²) in [5, 5.41) is 7.84. The van der Waals surface area contributed by atoms with Gasteiger partial charge in [-0.15, -0.1) is 0 Å². The number of rotatable bonds is 8. The lowest BCUT2D eigenvalue weighted by Gasteiger charge is -2.26. The van der Waals surface area contributed by atoms with E-state index in [2.05, 4.69) is 15.3 Å². The summed E-state index contributed by atoms with van der Waals surface area (Å²) >= 11 is 6.19. The van der Waals surface area contributed by atoms with Gasteiger partial charge in [-0.1, -0.05) is 29.8 Å². The second kappa shape index (κ2) is 10.6. The van der Waals surface area contributed by atoms with Crippen molar-refractivity contribution in [3.05, 3.63) is 65.3 Å². The zero-order valence-corrected chi connectivity index (χ0v) is 18.8. The van der Waals surface area contributed by atoms with Gasteiger partial charge in [0, 0.05) is 49.2 Å². The van der Waals surface area contributed by atoms with Crippen LogP contribution >= 0.6 is 11.6 Å². The summed E-state index contributed by atoms with van der Waals surface area (Å²) < 4.78 is 13.3. The minimum Gasteiger partial charge on any atom is -0.492 e. The number of carbonyl (C=O) groups is 1. The first-order valence-electron chi connectivity index (χ1n) is 10.7. The first kappa shape index (κ1) is 22.3. The molecule has 0 unspecified atom stereocenters. The van der Waals surface area contributed by atoms with Crippen LogP contribution in [0.5, 0.6) is 5.75 Å². The van der Waals surface area contributed by atoms with Crippen molar-refractivity contribution < 1.29 is 14.3 Å². The van der Waals surface area contributed by atoms with Gasteiger partial charge < -0.3 is 14.8 Å². The van der Waals surface area contributed by atoms with E-state index in [9.17, 15) is 4.79 Å². The van der Waals surface area contributed by atoms with Gasteiger partial charge in [0.2, 0.25) is 5.91 Å². The molecule has 0 atom stereocenters. The fourth-order valence-corrected chi connectivity index (χ4v) is 3.90. The third-order valence-corrected chi connectivity index (χ3v) is 5.81. The third kappa shape index (κ3) is 5.68. The number of hydrogen-bond acceptors (Lipinski definition) is 5. The van der Waals surface area contributed by atoms with Crippen molar-refractivity contribution in [3.63, 3.8) is 0 Å². The van der Waals surface area contributed by atoms with Crippen LogP contribution in [0, 0.1) is 0 Å². The maximum absolute atomic E-state index is 12.6.